The monoisotopic (exact) mass is 55.1 g/mol. The average molecular weight is 54.9 g/mol. The highest BCUT2D eigenvalue weighted by atomic mass is 14.8. The van der Waals surface area contributed by atoms with Crippen LogP contribution in [-0.4, -0.2) is 21.3 Å². The van der Waals surface area contributed by atoms with Crippen molar-refractivity contribution in [2.24, 2.45) is 0 Å². The maximum atomic E-state index is 4.92. The van der Waals surface area contributed by atoms with Gasteiger partial charge >= 0.3 is 0 Å². The van der Waals surface area contributed by atoms with E-state index in [0.717, 1.165) is 0 Å². The summed E-state index contributed by atoms with van der Waals surface area (Å²) in [6, 6.07) is 0. The number of rotatable bonds is 1. The summed E-state index contributed by atoms with van der Waals surface area (Å²) in [6.45, 7) is 0. The van der Waals surface area contributed by atoms with Gasteiger partial charge in [-0.25, -0.2) is 0 Å². The molecule has 0 aromatic heterocycles. The van der Waals surface area contributed by atoms with Crippen LogP contribution in [0.5, 0.6) is 0 Å². The zero-order valence-electron chi connectivity index (χ0n) is 2.78. The van der Waals surface area contributed by atoms with Crippen molar-refractivity contribution in [3.05, 3.63) is 0 Å². The third kappa shape index (κ3) is 2.02. The van der Waals surface area contributed by atoms with Crippen LogP contribution < -0.4 is 5.32 Å². The van der Waals surface area contributed by atoms with Gasteiger partial charge in [-0.3, -0.25) is 0 Å². The molecule has 0 aromatic rings. The Labute approximate surface area is 27.8 Å². The molecule has 1 N–H and O–H groups in total. The van der Waals surface area contributed by atoms with Gasteiger partial charge in [-0.15, -0.1) is 0 Å². The van der Waals surface area contributed by atoms with Crippen LogP contribution in [0.2, 0.25) is 0 Å². The van der Waals surface area contributed by atoms with Gasteiger partial charge in [-0.2, -0.15) is 0 Å². The molecular formula is C2H6BN. The van der Waals surface area contributed by atoms with Crippen LogP contribution in [-0.2, 0) is 0 Å². The summed E-state index contributed by atoms with van der Waals surface area (Å²) >= 11 is 0. The van der Waals surface area contributed by atoms with Crippen molar-refractivity contribution in [1.82, 2.24) is 5.32 Å². The van der Waals surface area contributed by atoms with Crippen molar-refractivity contribution in [2.75, 3.05) is 13.5 Å². The second-order valence-corrected chi connectivity index (χ2v) is 0.558. The fraction of sp³-hybridized carbons (Fsp3) is 1.00. The highest BCUT2D eigenvalue weighted by Crippen LogP contribution is 1.23. The molecule has 0 fully saturated rings. The molecule has 0 atom stereocenters. The maximum absolute atomic E-state index is 4.92. The molecule has 0 aliphatic carbocycles. The van der Waals surface area contributed by atoms with E-state index in [9.17, 15) is 0 Å². The lowest BCUT2D eigenvalue weighted by Gasteiger charge is -1.76. The first-order chi connectivity index (χ1) is 1.91. The lowest BCUT2D eigenvalue weighted by Crippen LogP contribution is -2.05. The minimum absolute atomic E-state index is 0.569. The minimum atomic E-state index is 0.569. The van der Waals surface area contributed by atoms with Crippen molar-refractivity contribution in [3.63, 3.8) is 0 Å². The average Bonchev–Trinajstić information content (AvgIpc) is 1.37. The summed E-state index contributed by atoms with van der Waals surface area (Å²) in [6.07, 6.45) is 0.569. The zero-order chi connectivity index (χ0) is 3.41. The van der Waals surface area contributed by atoms with Crippen LogP contribution >= 0.6 is 0 Å². The minimum Gasteiger partial charge on any atom is -0.328 e. The molecule has 0 saturated carbocycles. The summed E-state index contributed by atoms with van der Waals surface area (Å²) in [7, 11) is 6.72. The molecule has 0 aliphatic heterocycles. The molecule has 22 valence electrons. The third-order valence-electron chi connectivity index (χ3n) is 0.204. The Morgan fingerprint density at radius 2 is 2.25 bits per heavy atom. The lowest BCUT2D eigenvalue weighted by atomic mass is 10.2. The van der Waals surface area contributed by atoms with Gasteiger partial charge < -0.3 is 5.32 Å². The maximum Gasteiger partial charge on any atom is 0.0859 e. The van der Waals surface area contributed by atoms with E-state index >= 15 is 0 Å². The Hall–Kier alpha value is 0.0249. The van der Waals surface area contributed by atoms with Crippen LogP contribution in [0.1, 0.15) is 0 Å². The Morgan fingerprint density at radius 1 is 2.00 bits per heavy atom. The van der Waals surface area contributed by atoms with Crippen LogP contribution in [0.4, 0.5) is 0 Å². The fourth-order valence-electron chi connectivity index (χ4n) is 0. The summed E-state index contributed by atoms with van der Waals surface area (Å²) in [5, 5.41) is 2.71. The van der Waals surface area contributed by atoms with Gasteiger partial charge in [0, 0.05) is 0 Å². The second kappa shape index (κ2) is 3.02. The molecular weight excluding hydrogens is 48.8 g/mol. The van der Waals surface area contributed by atoms with E-state index in [4.69, 9.17) is 7.85 Å². The first-order valence-corrected chi connectivity index (χ1v) is 1.26. The number of hydrogen-bond acceptors (Lipinski definition) is 1. The summed E-state index contributed by atoms with van der Waals surface area (Å²) < 4.78 is 0. The SMILES string of the molecule is [B]CNC. The van der Waals surface area contributed by atoms with Crippen molar-refractivity contribution in [2.45, 2.75) is 0 Å². The predicted molar refractivity (Wildman–Crippen MR) is 19.7 cm³/mol. The second-order valence-electron chi connectivity index (χ2n) is 0.558. The summed E-state index contributed by atoms with van der Waals surface area (Å²) in [4.78, 5) is 0. The first kappa shape index (κ1) is 4.02. The molecule has 0 heterocycles. The molecule has 0 saturated heterocycles. The molecule has 0 aromatic carbocycles. The van der Waals surface area contributed by atoms with E-state index in [1.165, 1.54) is 0 Å². The molecule has 0 amide bonds. The fourth-order valence-corrected chi connectivity index (χ4v) is 0. The van der Waals surface area contributed by atoms with Gasteiger partial charge in [0.2, 0.25) is 0 Å². The van der Waals surface area contributed by atoms with Crippen molar-refractivity contribution >= 4 is 7.85 Å². The molecule has 0 unspecified atom stereocenters. The van der Waals surface area contributed by atoms with Gasteiger partial charge in [-0.1, -0.05) is 0 Å². The van der Waals surface area contributed by atoms with Crippen LogP contribution in [0, 0.1) is 0 Å². The smallest absolute Gasteiger partial charge is 0.0859 e. The molecule has 2 heteroatoms. The Kier molecular flexibility index (Phi) is 3.04. The van der Waals surface area contributed by atoms with E-state index in [-0.39, 0.29) is 0 Å². The van der Waals surface area contributed by atoms with Crippen molar-refractivity contribution in [1.29, 1.82) is 0 Å². The highest BCUT2D eigenvalue weighted by molar-refractivity contribution is 6.08. The molecule has 0 rings (SSSR count). The summed E-state index contributed by atoms with van der Waals surface area (Å²) in [5.74, 6) is 0. The normalized spacial score (nSPS) is 7.25. The Balaban J connectivity index is 1.97. The quantitative estimate of drug-likeness (QED) is 0.392. The van der Waals surface area contributed by atoms with Gasteiger partial charge in [0.15, 0.2) is 0 Å². The Bertz CT molecular complexity index is 8.00. The van der Waals surface area contributed by atoms with E-state index in [0.29, 0.717) is 6.44 Å². The third-order valence-corrected chi connectivity index (χ3v) is 0.204. The molecule has 1 nitrogen and oxygen atoms in total. The number of hydrogen-bond donors (Lipinski definition) is 1. The largest absolute Gasteiger partial charge is 0.328 e. The molecule has 0 bridgehead atoms. The summed E-state index contributed by atoms with van der Waals surface area (Å²) in [5.41, 5.74) is 0. The van der Waals surface area contributed by atoms with Gasteiger partial charge in [0.1, 0.15) is 0 Å². The molecule has 4 heavy (non-hydrogen) atoms. The topological polar surface area (TPSA) is 12.0 Å². The van der Waals surface area contributed by atoms with E-state index in [2.05, 4.69) is 5.32 Å². The van der Waals surface area contributed by atoms with Gasteiger partial charge in [-0.05, 0) is 13.5 Å². The van der Waals surface area contributed by atoms with Crippen molar-refractivity contribution < 1.29 is 0 Å². The standard InChI is InChI=1S/C2H6BN/c1-4-2-3/h4H,2H2,1H3. The van der Waals surface area contributed by atoms with Crippen LogP contribution in [0.3, 0.4) is 0 Å². The molecule has 2 radical (unpaired) electrons. The predicted octanol–water partition coefficient (Wildman–Crippen LogP) is -0.668. The van der Waals surface area contributed by atoms with Crippen molar-refractivity contribution in [3.8, 4) is 0 Å². The van der Waals surface area contributed by atoms with E-state index in [1.807, 2.05) is 0 Å². The Morgan fingerprint density at radius 3 is 2.25 bits per heavy atom. The zero-order valence-corrected chi connectivity index (χ0v) is 2.78. The molecule has 0 spiro atoms. The lowest BCUT2D eigenvalue weighted by molar-refractivity contribution is 0.974. The molecule has 0 aliphatic rings. The van der Waals surface area contributed by atoms with Crippen LogP contribution in [0.15, 0.2) is 0 Å². The van der Waals surface area contributed by atoms with Gasteiger partial charge in [0.25, 0.3) is 0 Å². The highest BCUT2D eigenvalue weighted by Gasteiger charge is 1.51. The van der Waals surface area contributed by atoms with E-state index < -0.39 is 0 Å². The van der Waals surface area contributed by atoms with E-state index in [1.54, 1.807) is 7.05 Å². The first-order valence-electron chi connectivity index (χ1n) is 1.26. The number of nitrogens with one attached hydrogen (secondary N) is 1. The van der Waals surface area contributed by atoms with Crippen LogP contribution in [0.25, 0.3) is 0 Å². The van der Waals surface area contributed by atoms with Gasteiger partial charge in [0.05, 0.1) is 7.85 Å².